The minimum atomic E-state index is 0.480. The number of pyridine rings is 1. The van der Waals surface area contributed by atoms with E-state index in [4.69, 9.17) is 32.7 Å². The average Bonchev–Trinajstić information content (AvgIpc) is 3.08. The van der Waals surface area contributed by atoms with Gasteiger partial charge in [-0.25, -0.2) is 0 Å². The predicted octanol–water partition coefficient (Wildman–Crippen LogP) is 4.46. The fraction of sp³-hybridized carbons (Fsp3) is 0.278. The van der Waals surface area contributed by atoms with Crippen molar-refractivity contribution in [3.05, 3.63) is 52.8 Å². The Balaban J connectivity index is 1.64. The second-order valence-corrected chi connectivity index (χ2v) is 7.36. The molecule has 142 valence electrons. The molecular formula is C18H18Cl2N4O2S. The molecule has 0 radical (unpaired) electrons. The van der Waals surface area contributed by atoms with Crippen LogP contribution >= 0.6 is 35.0 Å². The van der Waals surface area contributed by atoms with Crippen molar-refractivity contribution in [1.29, 1.82) is 0 Å². The number of nitrogens with zero attached hydrogens (tertiary/aromatic N) is 4. The summed E-state index contributed by atoms with van der Waals surface area (Å²) in [7, 11) is 1.67. The normalized spacial score (nSPS) is 10.9. The van der Waals surface area contributed by atoms with Crippen LogP contribution in [-0.2, 0) is 11.3 Å². The minimum absolute atomic E-state index is 0.480. The van der Waals surface area contributed by atoms with Crippen LogP contribution in [0.3, 0.4) is 0 Å². The summed E-state index contributed by atoms with van der Waals surface area (Å²) in [5.41, 5.74) is 0.963. The zero-order chi connectivity index (χ0) is 19.1. The second kappa shape index (κ2) is 9.94. The number of thioether (sulfide) groups is 1. The Hall–Kier alpha value is -1.80. The van der Waals surface area contributed by atoms with Gasteiger partial charge in [0, 0.05) is 35.8 Å². The first kappa shape index (κ1) is 19.9. The SMILES string of the molecule is COCCn1c(SCCOc2ccc(Cl)cc2Cl)nnc1-c1ccncc1. The number of benzene rings is 1. The highest BCUT2D eigenvalue weighted by Crippen LogP contribution is 2.28. The number of hydrogen-bond acceptors (Lipinski definition) is 6. The van der Waals surface area contributed by atoms with E-state index >= 15 is 0 Å². The number of methoxy groups -OCH3 is 1. The Morgan fingerprint density at radius 1 is 1.07 bits per heavy atom. The summed E-state index contributed by atoms with van der Waals surface area (Å²) in [6.07, 6.45) is 3.47. The first-order valence-electron chi connectivity index (χ1n) is 8.22. The van der Waals surface area contributed by atoms with Gasteiger partial charge in [-0.1, -0.05) is 35.0 Å². The molecule has 0 bridgehead atoms. The van der Waals surface area contributed by atoms with Crippen LogP contribution in [-0.4, -0.2) is 45.8 Å². The molecule has 3 aromatic rings. The van der Waals surface area contributed by atoms with E-state index in [0.29, 0.717) is 41.3 Å². The Labute approximate surface area is 171 Å². The topological polar surface area (TPSA) is 62.1 Å². The number of hydrogen-bond donors (Lipinski definition) is 0. The van der Waals surface area contributed by atoms with Crippen LogP contribution in [0.1, 0.15) is 0 Å². The van der Waals surface area contributed by atoms with E-state index in [1.807, 2.05) is 16.7 Å². The molecule has 2 aromatic heterocycles. The Morgan fingerprint density at radius 2 is 1.89 bits per heavy atom. The van der Waals surface area contributed by atoms with Gasteiger partial charge in [0.25, 0.3) is 0 Å². The molecular weight excluding hydrogens is 407 g/mol. The molecule has 0 aliphatic carbocycles. The third-order valence-corrected chi connectivity index (χ3v) is 5.10. The summed E-state index contributed by atoms with van der Waals surface area (Å²) in [5.74, 6) is 2.10. The van der Waals surface area contributed by atoms with Crippen molar-refractivity contribution in [2.75, 3.05) is 26.1 Å². The largest absolute Gasteiger partial charge is 0.491 e. The highest BCUT2D eigenvalue weighted by atomic mass is 35.5. The quantitative estimate of drug-likeness (QED) is 0.373. The minimum Gasteiger partial charge on any atom is -0.491 e. The Bertz CT molecular complexity index is 877. The molecule has 0 atom stereocenters. The van der Waals surface area contributed by atoms with Crippen LogP contribution in [0.4, 0.5) is 0 Å². The molecule has 27 heavy (non-hydrogen) atoms. The molecule has 0 aliphatic rings. The fourth-order valence-electron chi connectivity index (χ4n) is 2.37. The molecule has 0 N–H and O–H groups in total. The van der Waals surface area contributed by atoms with Crippen LogP contribution in [0.2, 0.25) is 10.0 Å². The molecule has 0 unspecified atom stereocenters. The van der Waals surface area contributed by atoms with Gasteiger partial charge in [-0.3, -0.25) is 9.55 Å². The summed E-state index contributed by atoms with van der Waals surface area (Å²) in [4.78, 5) is 4.05. The lowest BCUT2D eigenvalue weighted by molar-refractivity contribution is 0.185. The summed E-state index contributed by atoms with van der Waals surface area (Å²) in [5, 5.41) is 10.5. The van der Waals surface area contributed by atoms with Crippen molar-refractivity contribution < 1.29 is 9.47 Å². The van der Waals surface area contributed by atoms with Crippen LogP contribution < -0.4 is 4.74 Å². The van der Waals surface area contributed by atoms with Crippen LogP contribution in [0, 0.1) is 0 Å². The van der Waals surface area contributed by atoms with Crippen molar-refractivity contribution in [3.63, 3.8) is 0 Å². The first-order chi connectivity index (χ1) is 13.2. The fourth-order valence-corrected chi connectivity index (χ4v) is 3.62. The molecule has 0 spiro atoms. The van der Waals surface area contributed by atoms with Gasteiger partial charge >= 0.3 is 0 Å². The number of aromatic nitrogens is 4. The number of halogens is 2. The average molecular weight is 425 g/mol. The third-order valence-electron chi connectivity index (χ3n) is 3.64. The third kappa shape index (κ3) is 5.35. The van der Waals surface area contributed by atoms with Crippen molar-refractivity contribution in [3.8, 4) is 17.1 Å². The standard InChI is InChI=1S/C18H18Cl2N4O2S/c1-25-9-8-24-17(13-4-6-21-7-5-13)22-23-18(24)27-11-10-26-16-3-2-14(19)12-15(16)20/h2-7,12H,8-11H2,1H3. The van der Waals surface area contributed by atoms with Crippen molar-refractivity contribution in [2.24, 2.45) is 0 Å². The van der Waals surface area contributed by atoms with E-state index < -0.39 is 0 Å². The van der Waals surface area contributed by atoms with E-state index in [9.17, 15) is 0 Å². The van der Waals surface area contributed by atoms with E-state index in [2.05, 4.69) is 15.2 Å². The van der Waals surface area contributed by atoms with E-state index in [1.165, 1.54) is 0 Å². The summed E-state index contributed by atoms with van der Waals surface area (Å²) < 4.78 is 13.0. The van der Waals surface area contributed by atoms with E-state index in [-0.39, 0.29) is 0 Å². The van der Waals surface area contributed by atoms with Gasteiger partial charge in [-0.15, -0.1) is 10.2 Å². The van der Waals surface area contributed by atoms with E-state index in [1.54, 1.807) is 49.5 Å². The molecule has 2 heterocycles. The molecule has 0 saturated carbocycles. The van der Waals surface area contributed by atoms with Gasteiger partial charge in [0.2, 0.25) is 0 Å². The van der Waals surface area contributed by atoms with Gasteiger partial charge in [-0.05, 0) is 30.3 Å². The van der Waals surface area contributed by atoms with Gasteiger partial charge in [0.15, 0.2) is 11.0 Å². The van der Waals surface area contributed by atoms with Gasteiger partial charge in [0.05, 0.1) is 24.8 Å². The lowest BCUT2D eigenvalue weighted by Crippen LogP contribution is -2.08. The predicted molar refractivity (Wildman–Crippen MR) is 108 cm³/mol. The molecule has 6 nitrogen and oxygen atoms in total. The van der Waals surface area contributed by atoms with Crippen molar-refractivity contribution >= 4 is 35.0 Å². The molecule has 9 heteroatoms. The molecule has 1 aromatic carbocycles. The second-order valence-electron chi connectivity index (χ2n) is 5.46. The first-order valence-corrected chi connectivity index (χ1v) is 9.96. The van der Waals surface area contributed by atoms with Crippen LogP contribution in [0.5, 0.6) is 5.75 Å². The number of ether oxygens (including phenoxy) is 2. The zero-order valence-corrected chi connectivity index (χ0v) is 17.0. The molecule has 0 aliphatic heterocycles. The lowest BCUT2D eigenvalue weighted by Gasteiger charge is -2.10. The molecule has 0 fully saturated rings. The summed E-state index contributed by atoms with van der Waals surface area (Å²) >= 11 is 13.6. The Kier molecular flexibility index (Phi) is 7.34. The number of rotatable bonds is 9. The van der Waals surface area contributed by atoms with Crippen LogP contribution in [0.25, 0.3) is 11.4 Å². The molecule has 0 saturated heterocycles. The van der Waals surface area contributed by atoms with E-state index in [0.717, 1.165) is 16.5 Å². The maximum absolute atomic E-state index is 6.12. The monoisotopic (exact) mass is 424 g/mol. The maximum Gasteiger partial charge on any atom is 0.191 e. The summed E-state index contributed by atoms with van der Waals surface area (Å²) in [6, 6.07) is 8.99. The van der Waals surface area contributed by atoms with Crippen molar-refractivity contribution in [1.82, 2.24) is 19.7 Å². The highest BCUT2D eigenvalue weighted by Gasteiger charge is 2.14. The molecule has 0 amide bonds. The Morgan fingerprint density at radius 3 is 2.63 bits per heavy atom. The van der Waals surface area contributed by atoms with Crippen LogP contribution in [0.15, 0.2) is 47.9 Å². The smallest absolute Gasteiger partial charge is 0.191 e. The van der Waals surface area contributed by atoms with Gasteiger partial charge in [-0.2, -0.15) is 0 Å². The maximum atomic E-state index is 6.12. The zero-order valence-electron chi connectivity index (χ0n) is 14.6. The van der Waals surface area contributed by atoms with Crippen molar-refractivity contribution in [2.45, 2.75) is 11.7 Å². The molecule has 3 rings (SSSR count). The van der Waals surface area contributed by atoms with Gasteiger partial charge < -0.3 is 9.47 Å². The highest BCUT2D eigenvalue weighted by molar-refractivity contribution is 7.99. The summed E-state index contributed by atoms with van der Waals surface area (Å²) in [6.45, 7) is 1.71. The van der Waals surface area contributed by atoms with Gasteiger partial charge in [0.1, 0.15) is 5.75 Å². The lowest BCUT2D eigenvalue weighted by atomic mass is 10.2.